The number of nitrogens with one attached hydrogen (secondary N) is 2. The lowest BCUT2D eigenvalue weighted by atomic mass is 9.78. The fourth-order valence-corrected chi connectivity index (χ4v) is 4.18. The topological polar surface area (TPSA) is 88.9 Å². The maximum Gasteiger partial charge on any atom is 0.243 e. The van der Waals surface area contributed by atoms with Crippen molar-refractivity contribution in [2.75, 3.05) is 11.9 Å². The van der Waals surface area contributed by atoms with Gasteiger partial charge in [-0.1, -0.05) is 36.6 Å². The molecule has 0 saturated heterocycles. The largest absolute Gasteiger partial charge is 0.346 e. The van der Waals surface area contributed by atoms with E-state index in [0.717, 1.165) is 36.9 Å². The van der Waals surface area contributed by atoms with E-state index in [-0.39, 0.29) is 18.4 Å². The Morgan fingerprint density at radius 1 is 1.10 bits per heavy atom. The van der Waals surface area contributed by atoms with Crippen LogP contribution < -0.4 is 10.6 Å². The van der Waals surface area contributed by atoms with Gasteiger partial charge in [0.25, 0.3) is 0 Å². The standard InChI is InChI=1S/C22H22ClN5O2/c23-17-5-3-4-16(12-17)22(10-1-2-11-22)21(30)25-13-20(29)27-18-6-8-19(9-7-18)28-15-24-14-26-28/h3-9,12,14-15H,1-2,10-11,13H2,(H,25,30)(H,27,29). The zero-order valence-electron chi connectivity index (χ0n) is 16.3. The summed E-state index contributed by atoms with van der Waals surface area (Å²) in [6, 6.07) is 14.7. The number of aromatic nitrogens is 3. The Labute approximate surface area is 179 Å². The maximum atomic E-state index is 13.1. The highest BCUT2D eigenvalue weighted by atomic mass is 35.5. The van der Waals surface area contributed by atoms with Crippen molar-refractivity contribution < 1.29 is 9.59 Å². The molecule has 0 aliphatic heterocycles. The highest BCUT2D eigenvalue weighted by Gasteiger charge is 2.42. The SMILES string of the molecule is O=C(CNC(=O)C1(c2cccc(Cl)c2)CCCC1)Nc1ccc(-n2cncn2)cc1. The van der Waals surface area contributed by atoms with Crippen molar-refractivity contribution in [1.29, 1.82) is 0 Å². The monoisotopic (exact) mass is 423 g/mol. The number of hydrogen-bond donors (Lipinski definition) is 2. The highest BCUT2D eigenvalue weighted by molar-refractivity contribution is 6.30. The summed E-state index contributed by atoms with van der Waals surface area (Å²) in [7, 11) is 0. The van der Waals surface area contributed by atoms with Crippen LogP contribution in [0.2, 0.25) is 5.02 Å². The third-order valence-electron chi connectivity index (χ3n) is 5.51. The average molecular weight is 424 g/mol. The summed E-state index contributed by atoms with van der Waals surface area (Å²) in [5, 5.41) is 10.3. The van der Waals surface area contributed by atoms with E-state index < -0.39 is 5.41 Å². The molecule has 1 heterocycles. The number of anilines is 1. The minimum atomic E-state index is -0.620. The minimum absolute atomic E-state index is 0.0913. The Balaban J connectivity index is 1.37. The molecule has 1 fully saturated rings. The molecule has 0 unspecified atom stereocenters. The van der Waals surface area contributed by atoms with Gasteiger partial charge >= 0.3 is 0 Å². The first-order valence-corrected chi connectivity index (χ1v) is 10.2. The lowest BCUT2D eigenvalue weighted by molar-refractivity contribution is -0.128. The molecule has 8 heteroatoms. The second-order valence-electron chi connectivity index (χ2n) is 7.42. The van der Waals surface area contributed by atoms with E-state index in [0.29, 0.717) is 10.7 Å². The summed E-state index contributed by atoms with van der Waals surface area (Å²) in [5.74, 6) is -0.407. The Bertz CT molecular complexity index is 1030. The second-order valence-corrected chi connectivity index (χ2v) is 7.85. The lowest BCUT2D eigenvalue weighted by Crippen LogP contribution is -2.45. The third-order valence-corrected chi connectivity index (χ3v) is 5.75. The van der Waals surface area contributed by atoms with Gasteiger partial charge in [-0.15, -0.1) is 0 Å². The zero-order valence-corrected chi connectivity index (χ0v) is 17.1. The Hall–Kier alpha value is -3.19. The van der Waals surface area contributed by atoms with Gasteiger partial charge in [-0.2, -0.15) is 5.10 Å². The van der Waals surface area contributed by atoms with E-state index >= 15 is 0 Å². The molecule has 0 spiro atoms. The predicted octanol–water partition coefficient (Wildman–Crippen LogP) is 3.49. The predicted molar refractivity (Wildman–Crippen MR) is 115 cm³/mol. The van der Waals surface area contributed by atoms with Crippen molar-refractivity contribution >= 4 is 29.1 Å². The molecule has 0 atom stereocenters. The smallest absolute Gasteiger partial charge is 0.243 e. The molecular formula is C22H22ClN5O2. The quantitative estimate of drug-likeness (QED) is 0.635. The molecule has 7 nitrogen and oxygen atoms in total. The van der Waals surface area contributed by atoms with Gasteiger partial charge in [-0.05, 0) is 54.8 Å². The molecule has 30 heavy (non-hydrogen) atoms. The van der Waals surface area contributed by atoms with Crippen LogP contribution in [-0.4, -0.2) is 33.1 Å². The number of hydrogen-bond acceptors (Lipinski definition) is 4. The average Bonchev–Trinajstić information content (AvgIpc) is 3.45. The van der Waals surface area contributed by atoms with Crippen molar-refractivity contribution in [3.8, 4) is 5.69 Å². The number of halogens is 1. The third kappa shape index (κ3) is 4.21. The maximum absolute atomic E-state index is 13.1. The van der Waals surface area contributed by atoms with Crippen molar-refractivity contribution in [1.82, 2.24) is 20.1 Å². The van der Waals surface area contributed by atoms with Crippen LogP contribution in [0.1, 0.15) is 31.2 Å². The van der Waals surface area contributed by atoms with Crippen LogP contribution in [0.4, 0.5) is 5.69 Å². The summed E-state index contributed by atoms with van der Waals surface area (Å²) in [4.78, 5) is 29.3. The summed E-state index contributed by atoms with van der Waals surface area (Å²) < 4.78 is 1.63. The van der Waals surface area contributed by atoms with Crippen LogP contribution in [0.3, 0.4) is 0 Å². The molecule has 1 saturated carbocycles. The molecule has 1 aliphatic rings. The zero-order chi connectivity index (χ0) is 21.0. The number of nitrogens with zero attached hydrogens (tertiary/aromatic N) is 3. The number of amides is 2. The van der Waals surface area contributed by atoms with Crippen LogP contribution in [-0.2, 0) is 15.0 Å². The lowest BCUT2D eigenvalue weighted by Gasteiger charge is -2.28. The summed E-state index contributed by atoms with van der Waals surface area (Å²) >= 11 is 6.15. The van der Waals surface area contributed by atoms with Crippen LogP contribution in [0.5, 0.6) is 0 Å². The fraction of sp³-hybridized carbons (Fsp3) is 0.273. The molecule has 0 radical (unpaired) electrons. The van der Waals surface area contributed by atoms with Gasteiger partial charge in [0.1, 0.15) is 12.7 Å². The number of rotatable bonds is 6. The number of carbonyl (C=O) groups is 2. The van der Waals surface area contributed by atoms with Crippen molar-refractivity contribution in [3.05, 3.63) is 71.8 Å². The van der Waals surface area contributed by atoms with Gasteiger partial charge in [0.05, 0.1) is 17.6 Å². The first-order valence-electron chi connectivity index (χ1n) is 9.86. The van der Waals surface area contributed by atoms with Crippen LogP contribution in [0.15, 0.2) is 61.2 Å². The van der Waals surface area contributed by atoms with E-state index in [1.807, 2.05) is 30.3 Å². The summed E-state index contributed by atoms with van der Waals surface area (Å²) in [5.41, 5.74) is 1.77. The van der Waals surface area contributed by atoms with E-state index in [4.69, 9.17) is 11.6 Å². The van der Waals surface area contributed by atoms with Gasteiger partial charge in [-0.3, -0.25) is 9.59 Å². The second kappa shape index (κ2) is 8.67. The summed E-state index contributed by atoms with van der Waals surface area (Å²) in [6.07, 6.45) is 6.52. The first kappa shape index (κ1) is 20.1. The Morgan fingerprint density at radius 3 is 2.53 bits per heavy atom. The molecule has 0 bridgehead atoms. The Kier molecular flexibility index (Phi) is 5.81. The van der Waals surface area contributed by atoms with E-state index in [9.17, 15) is 9.59 Å². The van der Waals surface area contributed by atoms with Gasteiger partial charge in [0, 0.05) is 10.7 Å². The van der Waals surface area contributed by atoms with Crippen molar-refractivity contribution in [2.45, 2.75) is 31.1 Å². The molecule has 154 valence electrons. The number of benzene rings is 2. The van der Waals surface area contributed by atoms with Crippen LogP contribution in [0, 0.1) is 0 Å². The van der Waals surface area contributed by atoms with Gasteiger partial charge in [0.2, 0.25) is 11.8 Å². The normalized spacial score (nSPS) is 15.0. The molecule has 1 aromatic heterocycles. The van der Waals surface area contributed by atoms with Gasteiger partial charge in [0.15, 0.2) is 0 Å². The molecule has 2 N–H and O–H groups in total. The Morgan fingerprint density at radius 2 is 1.87 bits per heavy atom. The van der Waals surface area contributed by atoms with E-state index in [1.165, 1.54) is 6.33 Å². The molecule has 2 amide bonds. The fourth-order valence-electron chi connectivity index (χ4n) is 3.99. The molecule has 3 aromatic rings. The van der Waals surface area contributed by atoms with Crippen molar-refractivity contribution in [3.63, 3.8) is 0 Å². The van der Waals surface area contributed by atoms with Crippen LogP contribution in [0.25, 0.3) is 5.69 Å². The minimum Gasteiger partial charge on any atom is -0.346 e. The van der Waals surface area contributed by atoms with Crippen LogP contribution >= 0.6 is 11.6 Å². The highest BCUT2D eigenvalue weighted by Crippen LogP contribution is 2.42. The molecule has 4 rings (SSSR count). The van der Waals surface area contributed by atoms with E-state index in [2.05, 4.69) is 20.7 Å². The van der Waals surface area contributed by atoms with Gasteiger partial charge < -0.3 is 10.6 Å². The van der Waals surface area contributed by atoms with Gasteiger partial charge in [-0.25, -0.2) is 9.67 Å². The van der Waals surface area contributed by atoms with Crippen molar-refractivity contribution in [2.24, 2.45) is 0 Å². The summed E-state index contributed by atoms with van der Waals surface area (Å²) in [6.45, 7) is -0.0913. The molecule has 1 aliphatic carbocycles. The first-order chi connectivity index (χ1) is 14.6. The molecule has 2 aromatic carbocycles. The van der Waals surface area contributed by atoms with E-state index in [1.54, 1.807) is 29.2 Å². The molecular weight excluding hydrogens is 402 g/mol. The number of carbonyl (C=O) groups excluding carboxylic acids is 2.